The van der Waals surface area contributed by atoms with Crippen LogP contribution in [0.3, 0.4) is 0 Å². The Morgan fingerprint density at radius 1 is 0.875 bits per heavy atom. The van der Waals surface area contributed by atoms with Gasteiger partial charge in [0.25, 0.3) is 0 Å². The molecular formula is C9H22O3S3Si. The summed E-state index contributed by atoms with van der Waals surface area (Å²) in [7, 11) is 1.19. The predicted octanol–water partition coefficient (Wildman–Crippen LogP) is 2.87. The first-order valence-corrected chi connectivity index (χ1v) is 9.30. The van der Waals surface area contributed by atoms with E-state index in [4.69, 9.17) is 12.5 Å². The third-order valence-electron chi connectivity index (χ3n) is 1.47. The van der Waals surface area contributed by atoms with Crippen LogP contribution < -0.4 is 0 Å². The molecule has 0 aliphatic carbocycles. The highest BCUT2D eigenvalue weighted by molar-refractivity contribution is 8.29. The first kappa shape index (κ1) is 17.1. The third kappa shape index (κ3) is 7.47. The Morgan fingerprint density at radius 2 is 1.25 bits per heavy atom. The quantitative estimate of drug-likeness (QED) is 0.331. The fraction of sp³-hybridized carbons (Fsp3) is 1.00. The van der Waals surface area contributed by atoms with Crippen LogP contribution in [0.15, 0.2) is 0 Å². The van der Waals surface area contributed by atoms with Gasteiger partial charge in [0.15, 0.2) is 3.41 Å². The molecule has 0 amide bonds. The van der Waals surface area contributed by atoms with Crippen molar-refractivity contribution in [3.8, 4) is 0 Å². The van der Waals surface area contributed by atoms with Gasteiger partial charge in [-0.2, -0.15) is 0 Å². The first-order chi connectivity index (χ1) is 7.74. The topological polar surface area (TPSA) is 27.7 Å². The summed E-state index contributed by atoms with van der Waals surface area (Å²) in [6.45, 7) is 8.09. The maximum atomic E-state index is 5.48. The number of hydrogen-bond donors (Lipinski definition) is 0. The molecule has 0 atom stereocenters. The zero-order valence-corrected chi connectivity index (χ0v) is 14.9. The second kappa shape index (κ2) is 11.2. The molecule has 3 nitrogen and oxygen atoms in total. The summed E-state index contributed by atoms with van der Waals surface area (Å²) in [5.41, 5.74) is 0. The average Bonchev–Trinajstić information content (AvgIpc) is 2.31. The molecule has 16 heavy (non-hydrogen) atoms. The Morgan fingerprint density at radius 3 is 1.50 bits per heavy atom. The minimum Gasteiger partial charge on any atom is -0.313 e. The van der Waals surface area contributed by atoms with Crippen LogP contribution in [0.4, 0.5) is 0 Å². The molecule has 0 aromatic rings. The fourth-order valence-corrected chi connectivity index (χ4v) is 5.71. The van der Waals surface area contributed by atoms with Crippen molar-refractivity contribution in [2.75, 3.05) is 19.8 Å². The maximum absolute atomic E-state index is 5.48. The van der Waals surface area contributed by atoms with Gasteiger partial charge in [-0.15, -0.1) is 0 Å². The van der Waals surface area contributed by atoms with Crippen molar-refractivity contribution in [1.82, 2.24) is 0 Å². The molecule has 0 spiro atoms. The summed E-state index contributed by atoms with van der Waals surface area (Å²) in [5.74, 6) is 0. The van der Waals surface area contributed by atoms with Gasteiger partial charge < -0.3 is 12.5 Å². The van der Waals surface area contributed by atoms with Gasteiger partial charge in [0.2, 0.25) is 0 Å². The maximum Gasteiger partial charge on any atom is 0.183 e. The summed E-state index contributed by atoms with van der Waals surface area (Å²) < 4.78 is 16.3. The minimum absolute atomic E-state index is 0.177. The van der Waals surface area contributed by atoms with Crippen molar-refractivity contribution in [3.05, 3.63) is 0 Å². The largest absolute Gasteiger partial charge is 0.313 e. The van der Waals surface area contributed by atoms with Crippen LogP contribution in [0.1, 0.15) is 27.2 Å². The van der Waals surface area contributed by atoms with Gasteiger partial charge in [-0.1, -0.05) is 6.04 Å². The molecule has 0 aliphatic rings. The van der Waals surface area contributed by atoms with Gasteiger partial charge in [-0.3, -0.25) is 0 Å². The van der Waals surface area contributed by atoms with Crippen molar-refractivity contribution < 1.29 is 12.5 Å². The van der Waals surface area contributed by atoms with Crippen molar-refractivity contribution in [2.45, 2.75) is 36.6 Å². The van der Waals surface area contributed by atoms with E-state index in [0.29, 0.717) is 19.8 Å². The van der Waals surface area contributed by atoms with Gasteiger partial charge in [0, 0.05) is 46.4 Å². The smallest absolute Gasteiger partial charge is 0.183 e. The third-order valence-corrected chi connectivity index (χ3v) is 5.63. The van der Waals surface area contributed by atoms with E-state index in [1.165, 1.54) is 52.4 Å². The summed E-state index contributed by atoms with van der Waals surface area (Å²) in [6, 6.07) is 1.21. The minimum atomic E-state index is -0.177. The Balaban J connectivity index is 4.32. The molecule has 0 saturated heterocycles. The van der Waals surface area contributed by atoms with Crippen molar-refractivity contribution in [1.29, 1.82) is 0 Å². The van der Waals surface area contributed by atoms with Crippen LogP contribution in [0.2, 0.25) is 6.04 Å². The van der Waals surface area contributed by atoms with E-state index >= 15 is 0 Å². The molecule has 98 valence electrons. The van der Waals surface area contributed by atoms with Crippen LogP contribution in [0.25, 0.3) is 0 Å². The number of hydrogen-bond acceptors (Lipinski definition) is 6. The summed E-state index contributed by atoms with van der Waals surface area (Å²) in [6.07, 6.45) is 1.04. The van der Waals surface area contributed by atoms with Crippen LogP contribution in [-0.2, 0) is 12.5 Å². The Bertz CT molecular complexity index is 141. The predicted molar refractivity (Wildman–Crippen MR) is 79.7 cm³/mol. The highest BCUT2D eigenvalue weighted by Gasteiger charge is 2.35. The van der Waals surface area contributed by atoms with Crippen LogP contribution in [0.5, 0.6) is 0 Å². The Hall–Kier alpha value is 1.15. The molecule has 0 aliphatic heterocycles. The van der Waals surface area contributed by atoms with E-state index in [2.05, 4.69) is 0 Å². The fourth-order valence-electron chi connectivity index (χ4n) is 0.919. The SMILES string of the molecule is CCOSC(CC[SiH3])(SOCC)SOCC. The second-order valence-corrected chi connectivity index (χ2v) is 7.98. The van der Waals surface area contributed by atoms with Gasteiger partial charge >= 0.3 is 0 Å². The second-order valence-electron chi connectivity index (χ2n) is 2.90. The molecule has 0 radical (unpaired) electrons. The van der Waals surface area contributed by atoms with E-state index in [1.807, 2.05) is 20.8 Å². The van der Waals surface area contributed by atoms with Gasteiger partial charge in [0.05, 0.1) is 19.8 Å². The molecule has 0 rings (SSSR count). The molecule has 0 aromatic carbocycles. The van der Waals surface area contributed by atoms with E-state index in [1.54, 1.807) is 0 Å². The molecule has 0 fully saturated rings. The monoisotopic (exact) mass is 302 g/mol. The van der Waals surface area contributed by atoms with Gasteiger partial charge in [0.1, 0.15) is 0 Å². The molecule has 0 unspecified atom stereocenters. The van der Waals surface area contributed by atoms with Crippen LogP contribution >= 0.6 is 36.1 Å². The van der Waals surface area contributed by atoms with Gasteiger partial charge in [-0.25, -0.2) is 0 Å². The van der Waals surface area contributed by atoms with Crippen molar-refractivity contribution >= 4 is 46.4 Å². The molecule has 0 heterocycles. The lowest BCUT2D eigenvalue weighted by atomic mass is 10.5. The number of rotatable bonds is 11. The van der Waals surface area contributed by atoms with E-state index in [0.717, 1.165) is 6.42 Å². The summed E-state index contributed by atoms with van der Waals surface area (Å²) in [5, 5.41) is 0. The first-order valence-electron chi connectivity index (χ1n) is 5.66. The van der Waals surface area contributed by atoms with Crippen molar-refractivity contribution in [3.63, 3.8) is 0 Å². The Labute approximate surface area is 115 Å². The average molecular weight is 303 g/mol. The van der Waals surface area contributed by atoms with Gasteiger partial charge in [-0.05, 0) is 27.2 Å². The van der Waals surface area contributed by atoms with Crippen molar-refractivity contribution in [2.24, 2.45) is 0 Å². The zero-order valence-electron chi connectivity index (χ0n) is 10.5. The molecule has 0 aromatic heterocycles. The van der Waals surface area contributed by atoms with Crippen LogP contribution in [0, 0.1) is 0 Å². The molecule has 0 saturated carbocycles. The lowest BCUT2D eigenvalue weighted by Gasteiger charge is -2.28. The Kier molecular flexibility index (Phi) is 12.1. The lowest BCUT2D eigenvalue weighted by molar-refractivity contribution is 0.379. The zero-order chi connectivity index (χ0) is 12.3. The van der Waals surface area contributed by atoms with E-state index in [-0.39, 0.29) is 3.41 Å². The van der Waals surface area contributed by atoms with E-state index in [9.17, 15) is 0 Å². The molecule has 0 N–H and O–H groups in total. The van der Waals surface area contributed by atoms with Crippen LogP contribution in [-0.4, -0.2) is 33.5 Å². The normalized spacial score (nSPS) is 12.2. The summed E-state index contributed by atoms with van der Waals surface area (Å²) in [4.78, 5) is 0. The molecule has 7 heteroatoms. The molecular weight excluding hydrogens is 280 g/mol. The lowest BCUT2D eigenvalue weighted by Crippen LogP contribution is -2.17. The highest BCUT2D eigenvalue weighted by Crippen LogP contribution is 2.51. The standard InChI is InChI=1S/C9H22O3S3Si/c1-4-10-13-9(7-8-16,14-11-5-2)15-12-6-3/h4-8H2,1-3,16H3. The highest BCUT2D eigenvalue weighted by atomic mass is 32.3. The van der Waals surface area contributed by atoms with E-state index < -0.39 is 0 Å². The summed E-state index contributed by atoms with van der Waals surface area (Å²) >= 11 is 4.41. The molecule has 0 bridgehead atoms.